The van der Waals surface area contributed by atoms with E-state index in [1.165, 1.54) is 12.1 Å². The van der Waals surface area contributed by atoms with Crippen molar-refractivity contribution >= 4 is 23.1 Å². The van der Waals surface area contributed by atoms with Crippen LogP contribution in [-0.4, -0.2) is 16.2 Å². The van der Waals surface area contributed by atoms with Crippen LogP contribution in [0.5, 0.6) is 5.75 Å². The van der Waals surface area contributed by atoms with Gasteiger partial charge in [-0.25, -0.2) is 4.98 Å². The number of benzene rings is 3. The Kier molecular flexibility index (Phi) is 5.16. The number of rotatable bonds is 5. The third-order valence-electron chi connectivity index (χ3n) is 4.35. The van der Waals surface area contributed by atoms with E-state index in [0.29, 0.717) is 22.4 Å². The number of ether oxygens (including phenoxy) is 1. The van der Waals surface area contributed by atoms with Crippen molar-refractivity contribution in [1.29, 1.82) is 0 Å². The van der Waals surface area contributed by atoms with Crippen LogP contribution in [0.2, 0.25) is 0 Å². The fraction of sp³-hybridized carbons (Fsp3) is 0.0435. The molecule has 0 aliphatic carbocycles. The smallest absolute Gasteiger partial charge is 0.387 e. The first-order valence-electron chi connectivity index (χ1n) is 8.92. The van der Waals surface area contributed by atoms with E-state index in [0.717, 1.165) is 5.56 Å². The quantitative estimate of drug-likeness (QED) is 0.473. The lowest BCUT2D eigenvalue weighted by molar-refractivity contribution is -0.0498. The Morgan fingerprint density at radius 1 is 0.862 bits per heavy atom. The Morgan fingerprint density at radius 3 is 2.28 bits per heavy atom. The highest BCUT2D eigenvalue weighted by Gasteiger charge is 2.10. The van der Waals surface area contributed by atoms with Gasteiger partial charge in [-0.1, -0.05) is 48.5 Å². The van der Waals surface area contributed by atoms with E-state index in [9.17, 15) is 13.6 Å². The van der Waals surface area contributed by atoms with Crippen molar-refractivity contribution in [2.45, 2.75) is 6.61 Å². The molecular weight excluding hydrogens is 374 g/mol. The molecule has 0 aliphatic heterocycles. The fourth-order valence-electron chi connectivity index (χ4n) is 3.02. The van der Waals surface area contributed by atoms with Gasteiger partial charge in [0, 0.05) is 0 Å². The topological polar surface area (TPSA) is 44.1 Å². The molecule has 0 aliphatic rings. The van der Waals surface area contributed by atoms with Gasteiger partial charge in [0.15, 0.2) is 0 Å². The normalized spacial score (nSPS) is 11.4. The summed E-state index contributed by atoms with van der Waals surface area (Å²) in [6, 6.07) is 22.7. The molecule has 0 radical (unpaired) electrons. The molecule has 1 aromatic heterocycles. The number of alkyl halides is 2. The molecule has 0 saturated heterocycles. The van der Waals surface area contributed by atoms with Crippen molar-refractivity contribution in [2.24, 2.45) is 0 Å². The Labute approximate surface area is 165 Å². The molecule has 0 atom stereocenters. The average Bonchev–Trinajstić information content (AvgIpc) is 2.73. The number of para-hydroxylation sites is 2. The summed E-state index contributed by atoms with van der Waals surface area (Å²) in [5, 5.41) is 0.530. The van der Waals surface area contributed by atoms with Crippen molar-refractivity contribution in [3.63, 3.8) is 0 Å². The van der Waals surface area contributed by atoms with E-state index in [4.69, 9.17) is 0 Å². The highest BCUT2D eigenvalue weighted by atomic mass is 19.3. The fourth-order valence-corrected chi connectivity index (χ4v) is 3.02. The van der Waals surface area contributed by atoms with Gasteiger partial charge in [0.25, 0.3) is 5.56 Å². The Morgan fingerprint density at radius 2 is 1.55 bits per heavy atom. The zero-order valence-electron chi connectivity index (χ0n) is 15.2. The van der Waals surface area contributed by atoms with E-state index in [-0.39, 0.29) is 11.3 Å². The first kappa shape index (κ1) is 18.6. The molecule has 0 amide bonds. The van der Waals surface area contributed by atoms with Crippen LogP contribution in [0.25, 0.3) is 28.7 Å². The molecule has 4 aromatic rings. The minimum Gasteiger partial charge on any atom is -0.435 e. The van der Waals surface area contributed by atoms with Gasteiger partial charge in [0.05, 0.1) is 16.6 Å². The van der Waals surface area contributed by atoms with Crippen LogP contribution in [0.4, 0.5) is 8.78 Å². The summed E-state index contributed by atoms with van der Waals surface area (Å²) >= 11 is 0. The second-order valence-electron chi connectivity index (χ2n) is 6.24. The lowest BCUT2D eigenvalue weighted by Gasteiger charge is -2.11. The van der Waals surface area contributed by atoms with E-state index < -0.39 is 6.61 Å². The van der Waals surface area contributed by atoms with Gasteiger partial charge in [-0.15, -0.1) is 0 Å². The largest absolute Gasteiger partial charge is 0.435 e. The van der Waals surface area contributed by atoms with Gasteiger partial charge < -0.3 is 4.74 Å². The van der Waals surface area contributed by atoms with Crippen molar-refractivity contribution in [2.75, 3.05) is 0 Å². The van der Waals surface area contributed by atoms with Gasteiger partial charge in [0.1, 0.15) is 11.6 Å². The van der Waals surface area contributed by atoms with E-state index in [2.05, 4.69) is 9.72 Å². The van der Waals surface area contributed by atoms with Crippen LogP contribution in [-0.2, 0) is 0 Å². The van der Waals surface area contributed by atoms with Gasteiger partial charge in [0.2, 0.25) is 0 Å². The Hall–Kier alpha value is -3.80. The molecule has 144 valence electrons. The molecule has 0 bridgehead atoms. The van der Waals surface area contributed by atoms with Crippen LogP contribution in [0, 0.1) is 0 Å². The number of hydrogen-bond donors (Lipinski definition) is 0. The van der Waals surface area contributed by atoms with Crippen molar-refractivity contribution in [1.82, 2.24) is 9.55 Å². The number of aromatic nitrogens is 2. The van der Waals surface area contributed by atoms with Crippen molar-refractivity contribution in [3.8, 4) is 11.4 Å². The number of hydrogen-bond acceptors (Lipinski definition) is 3. The lowest BCUT2D eigenvalue weighted by Crippen LogP contribution is -2.22. The molecule has 6 heteroatoms. The minimum atomic E-state index is -2.86. The average molecular weight is 390 g/mol. The SMILES string of the molecule is O=c1c2ccccc2nc(/C=C/c2ccc(OC(F)F)cc2)n1-c1ccccc1. The van der Waals surface area contributed by atoms with Crippen LogP contribution in [0.15, 0.2) is 83.7 Å². The summed E-state index contributed by atoms with van der Waals surface area (Å²) < 4.78 is 30.5. The van der Waals surface area contributed by atoms with Crippen molar-refractivity contribution < 1.29 is 13.5 Å². The predicted molar refractivity (Wildman–Crippen MR) is 109 cm³/mol. The van der Waals surface area contributed by atoms with Gasteiger partial charge in [-0.2, -0.15) is 8.78 Å². The molecular formula is C23H16F2N2O2. The Balaban J connectivity index is 1.78. The standard InChI is InChI=1S/C23H16F2N2O2/c24-23(25)29-18-13-10-16(11-14-18)12-15-21-26-20-9-5-4-8-19(20)22(28)27(21)17-6-2-1-3-7-17/h1-15,23H/b15-12+. The Bertz CT molecular complexity index is 1220. The number of halogens is 2. The molecule has 4 rings (SSSR count). The number of fused-ring (bicyclic) bond motifs is 1. The van der Waals surface area contributed by atoms with Gasteiger partial charge in [-0.05, 0) is 48.0 Å². The van der Waals surface area contributed by atoms with Crippen LogP contribution >= 0.6 is 0 Å². The summed E-state index contributed by atoms with van der Waals surface area (Å²) in [6.07, 6.45) is 3.49. The summed E-state index contributed by atoms with van der Waals surface area (Å²) in [7, 11) is 0. The molecule has 0 unspecified atom stereocenters. The zero-order chi connectivity index (χ0) is 20.2. The first-order valence-corrected chi connectivity index (χ1v) is 8.92. The van der Waals surface area contributed by atoms with E-state index >= 15 is 0 Å². The molecule has 0 N–H and O–H groups in total. The maximum atomic E-state index is 13.1. The molecule has 29 heavy (non-hydrogen) atoms. The molecule has 0 fully saturated rings. The third kappa shape index (κ3) is 4.06. The molecule has 0 spiro atoms. The predicted octanol–water partition coefficient (Wildman–Crippen LogP) is 5.16. The summed E-state index contributed by atoms with van der Waals surface area (Å²) in [5.41, 5.74) is 1.90. The summed E-state index contributed by atoms with van der Waals surface area (Å²) in [5.74, 6) is 0.551. The first-order chi connectivity index (χ1) is 14.1. The van der Waals surface area contributed by atoms with E-state index in [1.807, 2.05) is 36.4 Å². The third-order valence-corrected chi connectivity index (χ3v) is 4.35. The summed E-state index contributed by atoms with van der Waals surface area (Å²) in [4.78, 5) is 17.7. The second kappa shape index (κ2) is 8.06. The van der Waals surface area contributed by atoms with Gasteiger partial charge >= 0.3 is 6.61 Å². The second-order valence-corrected chi connectivity index (χ2v) is 6.24. The highest BCUT2D eigenvalue weighted by molar-refractivity contribution is 5.80. The minimum absolute atomic E-state index is 0.0853. The van der Waals surface area contributed by atoms with Gasteiger partial charge in [-0.3, -0.25) is 9.36 Å². The zero-order valence-corrected chi connectivity index (χ0v) is 15.2. The van der Waals surface area contributed by atoms with E-state index in [1.54, 1.807) is 47.1 Å². The molecule has 1 heterocycles. The number of nitrogens with zero attached hydrogens (tertiary/aromatic N) is 2. The highest BCUT2D eigenvalue weighted by Crippen LogP contribution is 2.18. The van der Waals surface area contributed by atoms with Crippen LogP contribution < -0.4 is 10.3 Å². The molecule has 0 saturated carbocycles. The molecule has 4 nitrogen and oxygen atoms in total. The van der Waals surface area contributed by atoms with Crippen molar-refractivity contribution in [3.05, 3.63) is 101 Å². The maximum Gasteiger partial charge on any atom is 0.387 e. The van der Waals surface area contributed by atoms with Crippen LogP contribution in [0.1, 0.15) is 11.4 Å². The summed E-state index contributed by atoms with van der Waals surface area (Å²) in [6.45, 7) is -2.86. The lowest BCUT2D eigenvalue weighted by atomic mass is 10.2. The van der Waals surface area contributed by atoms with Crippen LogP contribution in [0.3, 0.4) is 0 Å². The maximum absolute atomic E-state index is 13.1. The monoisotopic (exact) mass is 390 g/mol. The molecule has 3 aromatic carbocycles.